The lowest BCUT2D eigenvalue weighted by molar-refractivity contribution is 0.471. The van der Waals surface area contributed by atoms with Crippen molar-refractivity contribution in [2.45, 2.75) is 13.1 Å². The lowest BCUT2D eigenvalue weighted by atomic mass is 10.6. The van der Waals surface area contributed by atoms with Crippen LogP contribution >= 0.6 is 12.2 Å². The van der Waals surface area contributed by atoms with Crippen LogP contribution in [0, 0.1) is 4.77 Å². The van der Waals surface area contributed by atoms with Crippen LogP contribution in [0.1, 0.15) is 0 Å². The number of hydrogen-bond donors (Lipinski definition) is 2. The second kappa shape index (κ2) is 3.54. The fourth-order valence-corrected chi connectivity index (χ4v) is 1.26. The SMILES string of the molecule is Nc1n[nH]c(=S)n1CCn1ncnn1. The lowest BCUT2D eigenvalue weighted by Gasteiger charge is -2.01. The topological polar surface area (TPSA) is 103 Å². The fraction of sp³-hybridized carbons (Fsp3) is 0.400. The third kappa shape index (κ3) is 1.62. The van der Waals surface area contributed by atoms with Crippen molar-refractivity contribution in [3.8, 4) is 0 Å². The number of nitrogens with two attached hydrogens (primary N) is 1. The van der Waals surface area contributed by atoms with E-state index in [-0.39, 0.29) is 0 Å². The monoisotopic (exact) mass is 212 g/mol. The Hall–Kier alpha value is -1.77. The minimum Gasteiger partial charge on any atom is -0.368 e. The molecule has 0 radical (unpaired) electrons. The van der Waals surface area contributed by atoms with Gasteiger partial charge in [0, 0.05) is 6.54 Å². The van der Waals surface area contributed by atoms with Gasteiger partial charge in [-0.1, -0.05) is 0 Å². The van der Waals surface area contributed by atoms with Gasteiger partial charge in [-0.2, -0.15) is 4.80 Å². The predicted octanol–water partition coefficient (Wildman–Crippen LogP) is -0.790. The van der Waals surface area contributed by atoms with Crippen LogP contribution in [0.15, 0.2) is 6.33 Å². The molecule has 0 aliphatic heterocycles. The number of aromatic amines is 1. The molecule has 2 heterocycles. The maximum absolute atomic E-state index is 5.57. The summed E-state index contributed by atoms with van der Waals surface area (Å²) < 4.78 is 2.15. The molecule has 0 aromatic carbocycles. The van der Waals surface area contributed by atoms with Crippen LogP contribution in [-0.4, -0.2) is 35.0 Å². The molecule has 74 valence electrons. The summed E-state index contributed by atoms with van der Waals surface area (Å²) in [7, 11) is 0. The van der Waals surface area contributed by atoms with Crippen LogP contribution in [0.25, 0.3) is 0 Å². The number of H-pyrrole nitrogens is 1. The van der Waals surface area contributed by atoms with Crippen molar-refractivity contribution in [1.29, 1.82) is 0 Å². The Morgan fingerprint density at radius 3 is 2.93 bits per heavy atom. The Bertz CT molecular complexity index is 452. The molecule has 2 rings (SSSR count). The molecule has 0 unspecified atom stereocenters. The molecule has 0 bridgehead atoms. The molecule has 0 atom stereocenters. The average molecular weight is 212 g/mol. The number of hydrogen-bond acceptors (Lipinski definition) is 6. The van der Waals surface area contributed by atoms with Crippen molar-refractivity contribution in [3.63, 3.8) is 0 Å². The lowest BCUT2D eigenvalue weighted by Crippen LogP contribution is -2.12. The summed E-state index contributed by atoms with van der Waals surface area (Å²) in [6.45, 7) is 1.12. The smallest absolute Gasteiger partial charge is 0.220 e. The molecule has 0 saturated carbocycles. The van der Waals surface area contributed by atoms with Gasteiger partial charge in [0.15, 0.2) is 11.1 Å². The number of aryl methyl sites for hydroxylation is 1. The Kier molecular flexibility index (Phi) is 2.23. The van der Waals surface area contributed by atoms with Crippen LogP contribution in [0.4, 0.5) is 5.95 Å². The van der Waals surface area contributed by atoms with E-state index < -0.39 is 0 Å². The molecule has 14 heavy (non-hydrogen) atoms. The van der Waals surface area contributed by atoms with Gasteiger partial charge in [-0.05, 0) is 17.4 Å². The molecule has 9 heteroatoms. The van der Waals surface area contributed by atoms with Crippen molar-refractivity contribution in [2.75, 3.05) is 5.73 Å². The van der Waals surface area contributed by atoms with Crippen molar-refractivity contribution in [3.05, 3.63) is 11.1 Å². The van der Waals surface area contributed by atoms with Gasteiger partial charge in [0.2, 0.25) is 5.95 Å². The van der Waals surface area contributed by atoms with E-state index in [2.05, 4.69) is 25.6 Å². The highest BCUT2D eigenvalue weighted by Gasteiger charge is 2.01. The zero-order chi connectivity index (χ0) is 9.97. The number of nitrogen functional groups attached to an aromatic ring is 1. The van der Waals surface area contributed by atoms with Gasteiger partial charge >= 0.3 is 0 Å². The van der Waals surface area contributed by atoms with Gasteiger partial charge < -0.3 is 5.73 Å². The second-order valence-corrected chi connectivity index (χ2v) is 2.96. The summed E-state index contributed by atoms with van der Waals surface area (Å²) in [5.74, 6) is 0.357. The van der Waals surface area contributed by atoms with E-state index in [9.17, 15) is 0 Å². The van der Waals surface area contributed by atoms with Crippen molar-refractivity contribution < 1.29 is 0 Å². The third-order valence-electron chi connectivity index (χ3n) is 1.70. The molecule has 0 amide bonds. The maximum atomic E-state index is 5.57. The van der Waals surface area contributed by atoms with Crippen LogP contribution in [0.3, 0.4) is 0 Å². The molecule has 0 saturated heterocycles. The first kappa shape index (κ1) is 8.81. The largest absolute Gasteiger partial charge is 0.368 e. The minimum absolute atomic E-state index is 0.357. The van der Waals surface area contributed by atoms with Crippen molar-refractivity contribution >= 4 is 18.2 Å². The van der Waals surface area contributed by atoms with E-state index in [0.29, 0.717) is 23.8 Å². The number of aromatic nitrogens is 7. The van der Waals surface area contributed by atoms with Gasteiger partial charge in [-0.3, -0.25) is 4.57 Å². The predicted molar refractivity (Wildman–Crippen MR) is 49.6 cm³/mol. The number of anilines is 1. The number of rotatable bonds is 3. The Morgan fingerprint density at radius 2 is 2.36 bits per heavy atom. The molecule has 0 spiro atoms. The first-order valence-electron chi connectivity index (χ1n) is 3.89. The summed E-state index contributed by atoms with van der Waals surface area (Å²) >= 11 is 4.97. The maximum Gasteiger partial charge on any atom is 0.220 e. The fourth-order valence-electron chi connectivity index (χ4n) is 1.03. The van der Waals surface area contributed by atoms with Crippen LogP contribution in [0.5, 0.6) is 0 Å². The van der Waals surface area contributed by atoms with E-state index >= 15 is 0 Å². The third-order valence-corrected chi connectivity index (χ3v) is 2.01. The zero-order valence-corrected chi connectivity index (χ0v) is 7.98. The first-order valence-corrected chi connectivity index (χ1v) is 4.29. The molecule has 0 aliphatic rings. The van der Waals surface area contributed by atoms with E-state index in [1.165, 1.54) is 11.1 Å². The summed E-state index contributed by atoms with van der Waals surface area (Å²) in [5, 5.41) is 17.5. The first-order chi connectivity index (χ1) is 6.77. The van der Waals surface area contributed by atoms with Gasteiger partial charge in [0.1, 0.15) is 0 Å². The van der Waals surface area contributed by atoms with E-state index in [1.807, 2.05) is 0 Å². The average Bonchev–Trinajstić information content (AvgIpc) is 2.76. The highest BCUT2D eigenvalue weighted by Crippen LogP contribution is 1.98. The van der Waals surface area contributed by atoms with E-state index in [0.717, 1.165) is 0 Å². The standard InChI is InChI=1S/C5H8N8S/c6-4-9-10-5(14)12(4)1-2-13-8-3-7-11-13/h3H,1-2H2,(H2,6,9)(H,10,14). The van der Waals surface area contributed by atoms with Crippen LogP contribution in [0.2, 0.25) is 0 Å². The van der Waals surface area contributed by atoms with Gasteiger partial charge in [0.05, 0.1) is 6.54 Å². The van der Waals surface area contributed by atoms with Crippen LogP contribution < -0.4 is 5.73 Å². The highest BCUT2D eigenvalue weighted by molar-refractivity contribution is 7.71. The Morgan fingerprint density at radius 1 is 1.50 bits per heavy atom. The summed E-state index contributed by atoms with van der Waals surface area (Å²) in [6, 6.07) is 0. The molecule has 0 aliphatic carbocycles. The number of nitrogens with one attached hydrogen (secondary N) is 1. The van der Waals surface area contributed by atoms with Crippen molar-refractivity contribution in [2.24, 2.45) is 0 Å². The molecule has 0 fully saturated rings. The molecule has 8 nitrogen and oxygen atoms in total. The summed E-state index contributed by atoms with van der Waals surface area (Å²) in [4.78, 5) is 1.45. The van der Waals surface area contributed by atoms with E-state index in [1.54, 1.807) is 4.57 Å². The van der Waals surface area contributed by atoms with Gasteiger partial charge in [0.25, 0.3) is 0 Å². The minimum atomic E-state index is 0.357. The Balaban J connectivity index is 2.09. The Labute approximate surface area is 83.7 Å². The molecular weight excluding hydrogens is 204 g/mol. The summed E-state index contributed by atoms with van der Waals surface area (Å²) in [5.41, 5.74) is 5.57. The molecular formula is C5H8N8S. The second-order valence-electron chi connectivity index (χ2n) is 2.57. The normalized spacial score (nSPS) is 10.6. The van der Waals surface area contributed by atoms with Crippen molar-refractivity contribution in [1.82, 2.24) is 35.0 Å². The zero-order valence-electron chi connectivity index (χ0n) is 7.16. The van der Waals surface area contributed by atoms with Gasteiger partial charge in [-0.15, -0.1) is 15.3 Å². The van der Waals surface area contributed by atoms with Crippen LogP contribution in [-0.2, 0) is 13.1 Å². The number of nitrogens with zero attached hydrogens (tertiary/aromatic N) is 6. The molecule has 2 aromatic rings. The van der Waals surface area contributed by atoms with Gasteiger partial charge in [-0.25, -0.2) is 5.10 Å². The highest BCUT2D eigenvalue weighted by atomic mass is 32.1. The summed E-state index contributed by atoms with van der Waals surface area (Å²) in [6.07, 6.45) is 1.37. The molecule has 2 aromatic heterocycles. The molecule has 3 N–H and O–H groups in total. The quantitative estimate of drug-likeness (QED) is 0.646. The van der Waals surface area contributed by atoms with E-state index in [4.69, 9.17) is 18.0 Å². The number of tetrazole rings is 1.